The maximum absolute atomic E-state index is 15.2. The lowest BCUT2D eigenvalue weighted by Crippen LogP contribution is -2.34. The Labute approximate surface area is 221 Å². The fraction of sp³-hybridized carbons (Fsp3) is 0.222. The second-order valence-corrected chi connectivity index (χ2v) is 10.5. The highest BCUT2D eigenvalue weighted by atomic mass is 79.9. The van der Waals surface area contributed by atoms with Crippen molar-refractivity contribution in [1.82, 2.24) is 5.32 Å². The molecule has 0 fully saturated rings. The molecule has 3 rings (SSSR count). The van der Waals surface area contributed by atoms with Gasteiger partial charge in [-0.1, -0.05) is 66.5 Å². The van der Waals surface area contributed by atoms with Crippen molar-refractivity contribution in [3.8, 4) is 0 Å². The molecular formula is C27H24BrClF2N2O3. The zero-order valence-corrected chi connectivity index (χ0v) is 22.2. The minimum Gasteiger partial charge on any atom is -0.352 e. The molecule has 3 aromatic carbocycles. The zero-order valence-electron chi connectivity index (χ0n) is 19.8. The van der Waals surface area contributed by atoms with Gasteiger partial charge in [-0.05, 0) is 47.5 Å². The van der Waals surface area contributed by atoms with Gasteiger partial charge in [-0.2, -0.15) is 0 Å². The molecule has 0 bridgehead atoms. The molecule has 0 aliphatic rings. The first kappa shape index (κ1) is 27.5. The Morgan fingerprint density at radius 3 is 2.22 bits per heavy atom. The lowest BCUT2D eigenvalue weighted by Gasteiger charge is -2.18. The average Bonchev–Trinajstić information content (AvgIpc) is 2.81. The molecule has 2 N–H and O–H groups in total. The van der Waals surface area contributed by atoms with Crippen molar-refractivity contribution in [2.75, 3.05) is 5.32 Å². The third kappa shape index (κ3) is 6.77. The SMILES string of the molecule is CC(C)(C)C(=O)NCc1ccc(Cl)c(C(=O)Nc2ccc(F)c(C(=O)Cc3ccc(Br)cc3)c2F)c1. The summed E-state index contributed by atoms with van der Waals surface area (Å²) in [6, 6.07) is 13.4. The molecule has 0 heterocycles. The number of Topliss-reactive ketones (excluding diaryl/α,β-unsaturated/α-hetero) is 1. The third-order valence-electron chi connectivity index (χ3n) is 5.31. The van der Waals surface area contributed by atoms with Crippen molar-refractivity contribution in [3.05, 3.63) is 98.0 Å². The van der Waals surface area contributed by atoms with E-state index in [0.29, 0.717) is 11.1 Å². The van der Waals surface area contributed by atoms with Gasteiger partial charge in [-0.3, -0.25) is 14.4 Å². The molecule has 36 heavy (non-hydrogen) atoms. The Hall–Kier alpha value is -3.10. The van der Waals surface area contributed by atoms with Crippen LogP contribution in [0.5, 0.6) is 0 Å². The maximum Gasteiger partial charge on any atom is 0.257 e. The van der Waals surface area contributed by atoms with E-state index in [9.17, 15) is 18.8 Å². The number of benzene rings is 3. The molecular weight excluding hydrogens is 554 g/mol. The highest BCUT2D eigenvalue weighted by molar-refractivity contribution is 9.10. The average molecular weight is 578 g/mol. The number of carbonyl (C=O) groups is 3. The highest BCUT2D eigenvalue weighted by Gasteiger charge is 2.23. The number of nitrogens with one attached hydrogen (secondary N) is 2. The van der Waals surface area contributed by atoms with Crippen LogP contribution < -0.4 is 10.6 Å². The Morgan fingerprint density at radius 2 is 1.58 bits per heavy atom. The molecule has 0 atom stereocenters. The zero-order chi connectivity index (χ0) is 26.6. The Balaban J connectivity index is 1.80. The molecule has 2 amide bonds. The first-order valence-corrected chi connectivity index (χ1v) is 12.2. The van der Waals surface area contributed by atoms with Crippen molar-refractivity contribution < 1.29 is 23.2 Å². The standard InChI is InChI=1S/C27H24BrClF2N2O3/c1-27(2,3)26(36)32-14-16-6-9-19(29)18(12-16)25(35)33-21-11-10-20(30)23(24(21)31)22(34)13-15-4-7-17(28)8-5-15/h4-12H,13-14H2,1-3H3,(H,32,36)(H,33,35). The fourth-order valence-corrected chi connectivity index (χ4v) is 3.74. The number of rotatable bonds is 7. The molecule has 0 spiro atoms. The van der Waals surface area contributed by atoms with Crippen molar-refractivity contribution in [2.24, 2.45) is 5.41 Å². The van der Waals surface area contributed by atoms with E-state index in [1.807, 2.05) is 0 Å². The van der Waals surface area contributed by atoms with E-state index in [1.165, 1.54) is 12.1 Å². The number of ketones is 1. The molecule has 0 aliphatic heterocycles. The molecule has 0 radical (unpaired) electrons. The van der Waals surface area contributed by atoms with E-state index in [-0.39, 0.29) is 35.1 Å². The van der Waals surface area contributed by atoms with Crippen LogP contribution in [0.3, 0.4) is 0 Å². The minimum atomic E-state index is -1.17. The smallest absolute Gasteiger partial charge is 0.257 e. The van der Waals surface area contributed by atoms with Crippen molar-refractivity contribution >= 4 is 50.8 Å². The van der Waals surface area contributed by atoms with Crippen LogP contribution in [0.15, 0.2) is 59.1 Å². The molecule has 0 saturated carbocycles. The minimum absolute atomic E-state index is 0.0330. The lowest BCUT2D eigenvalue weighted by atomic mass is 9.95. The van der Waals surface area contributed by atoms with Crippen LogP contribution in [0, 0.1) is 17.0 Å². The highest BCUT2D eigenvalue weighted by Crippen LogP contribution is 2.26. The maximum atomic E-state index is 15.2. The first-order chi connectivity index (χ1) is 16.9. The summed E-state index contributed by atoms with van der Waals surface area (Å²) in [5.41, 5.74) is -0.459. The summed E-state index contributed by atoms with van der Waals surface area (Å²) < 4.78 is 30.4. The lowest BCUT2D eigenvalue weighted by molar-refractivity contribution is -0.128. The van der Waals surface area contributed by atoms with Gasteiger partial charge in [0.15, 0.2) is 11.6 Å². The van der Waals surface area contributed by atoms with Gasteiger partial charge >= 0.3 is 0 Å². The second-order valence-electron chi connectivity index (χ2n) is 9.21. The molecule has 3 aromatic rings. The Bertz CT molecular complexity index is 1320. The van der Waals surface area contributed by atoms with E-state index in [1.54, 1.807) is 51.1 Å². The van der Waals surface area contributed by atoms with E-state index in [2.05, 4.69) is 26.6 Å². The molecule has 0 aliphatic carbocycles. The number of amides is 2. The number of hydrogen-bond acceptors (Lipinski definition) is 3. The van der Waals surface area contributed by atoms with Crippen LogP contribution in [-0.2, 0) is 17.8 Å². The van der Waals surface area contributed by atoms with Gasteiger partial charge in [0.1, 0.15) is 5.82 Å². The number of carbonyl (C=O) groups excluding carboxylic acids is 3. The molecule has 9 heteroatoms. The predicted octanol–water partition coefficient (Wildman–Crippen LogP) is 6.72. The summed E-state index contributed by atoms with van der Waals surface area (Å²) >= 11 is 9.47. The van der Waals surface area contributed by atoms with Gasteiger partial charge in [-0.15, -0.1) is 0 Å². The summed E-state index contributed by atoms with van der Waals surface area (Å²) in [7, 11) is 0. The quantitative estimate of drug-likeness (QED) is 0.306. The van der Waals surface area contributed by atoms with Gasteiger partial charge in [-0.25, -0.2) is 8.78 Å². The summed E-state index contributed by atoms with van der Waals surface area (Å²) in [5.74, 6) is -3.88. The largest absolute Gasteiger partial charge is 0.352 e. The van der Waals surface area contributed by atoms with Crippen LogP contribution in [0.4, 0.5) is 14.5 Å². The van der Waals surface area contributed by atoms with Crippen LogP contribution in [0.2, 0.25) is 5.02 Å². The molecule has 0 aromatic heterocycles. The van der Waals surface area contributed by atoms with E-state index < -0.39 is 34.3 Å². The molecule has 5 nitrogen and oxygen atoms in total. The van der Waals surface area contributed by atoms with Gasteiger partial charge in [0, 0.05) is 22.9 Å². The van der Waals surface area contributed by atoms with Gasteiger partial charge in [0.2, 0.25) is 5.91 Å². The normalized spacial score (nSPS) is 11.2. The van der Waals surface area contributed by atoms with Crippen molar-refractivity contribution in [1.29, 1.82) is 0 Å². The summed E-state index contributed by atoms with van der Waals surface area (Å²) in [6.07, 6.45) is -0.216. The third-order valence-corrected chi connectivity index (χ3v) is 6.16. The Kier molecular flexibility index (Phi) is 8.63. The predicted molar refractivity (Wildman–Crippen MR) is 139 cm³/mol. The van der Waals surface area contributed by atoms with Gasteiger partial charge in [0.25, 0.3) is 5.91 Å². The van der Waals surface area contributed by atoms with E-state index in [4.69, 9.17) is 11.6 Å². The number of anilines is 1. The summed E-state index contributed by atoms with van der Waals surface area (Å²) in [6.45, 7) is 5.49. The van der Waals surface area contributed by atoms with Crippen molar-refractivity contribution in [3.63, 3.8) is 0 Å². The Morgan fingerprint density at radius 1 is 0.944 bits per heavy atom. The number of halogens is 4. The van der Waals surface area contributed by atoms with Gasteiger partial charge in [0.05, 0.1) is 21.8 Å². The first-order valence-electron chi connectivity index (χ1n) is 11.0. The van der Waals surface area contributed by atoms with Gasteiger partial charge < -0.3 is 10.6 Å². The monoisotopic (exact) mass is 576 g/mol. The van der Waals surface area contributed by atoms with Crippen molar-refractivity contribution in [2.45, 2.75) is 33.7 Å². The second kappa shape index (κ2) is 11.3. The van der Waals surface area contributed by atoms with Crippen LogP contribution >= 0.6 is 27.5 Å². The van der Waals surface area contributed by atoms with Crippen LogP contribution in [0.1, 0.15) is 52.6 Å². The molecule has 188 valence electrons. The van der Waals surface area contributed by atoms with Crippen LogP contribution in [-0.4, -0.2) is 17.6 Å². The molecule has 0 unspecified atom stereocenters. The van der Waals surface area contributed by atoms with Crippen LogP contribution in [0.25, 0.3) is 0 Å². The molecule has 0 saturated heterocycles. The summed E-state index contributed by atoms with van der Waals surface area (Å²) in [5, 5.41) is 5.25. The van der Waals surface area contributed by atoms with E-state index in [0.717, 1.165) is 16.6 Å². The topological polar surface area (TPSA) is 75.3 Å². The summed E-state index contributed by atoms with van der Waals surface area (Å²) in [4.78, 5) is 37.7. The number of hydrogen-bond donors (Lipinski definition) is 2. The van der Waals surface area contributed by atoms with E-state index >= 15 is 4.39 Å². The fourth-order valence-electron chi connectivity index (χ4n) is 3.27.